The molecule has 94 valence electrons. The van der Waals surface area contributed by atoms with Crippen molar-refractivity contribution in [3.8, 4) is 0 Å². The predicted molar refractivity (Wildman–Crippen MR) is 64.0 cm³/mol. The molecule has 1 heterocycles. The summed E-state index contributed by atoms with van der Waals surface area (Å²) in [6, 6.07) is 12.1. The second-order valence-corrected chi connectivity index (χ2v) is 3.54. The van der Waals surface area contributed by atoms with Gasteiger partial charge in [-0.25, -0.2) is 0 Å². The predicted octanol–water partition coefficient (Wildman–Crippen LogP) is 1.71. The van der Waals surface area contributed by atoms with Gasteiger partial charge in [0, 0.05) is 11.6 Å². The lowest BCUT2D eigenvalue weighted by Crippen LogP contribution is -1.89. The van der Waals surface area contributed by atoms with Crippen LogP contribution in [0.2, 0.25) is 0 Å². The molecule has 0 aliphatic rings. The first kappa shape index (κ1) is 15.8. The molecular weight excluding hydrogens is 270 g/mol. The molecule has 17 heavy (non-hydrogen) atoms. The first-order chi connectivity index (χ1) is 7.97. The van der Waals surface area contributed by atoms with Gasteiger partial charge in [0.25, 0.3) is 0 Å². The summed E-state index contributed by atoms with van der Waals surface area (Å²) in [6.07, 6.45) is 1.81. The van der Waals surface area contributed by atoms with Crippen molar-refractivity contribution in [1.29, 1.82) is 0 Å². The monoisotopic (exact) mass is 279 g/mol. The van der Waals surface area contributed by atoms with Gasteiger partial charge in [0.2, 0.25) is 0 Å². The number of para-hydroxylation sites is 1. The van der Waals surface area contributed by atoms with E-state index in [4.69, 9.17) is 22.2 Å². The summed E-state index contributed by atoms with van der Waals surface area (Å²) in [5, 5.41) is 1.20. The Balaban J connectivity index is 0.000000315. The maximum Gasteiger partial charge on any atom is 0.394 e. The third-order valence-corrected chi connectivity index (χ3v) is 1.51. The zero-order valence-electron chi connectivity index (χ0n) is 8.43. The van der Waals surface area contributed by atoms with Crippen LogP contribution < -0.4 is 0 Å². The average molecular weight is 280 g/mol. The number of hydrogen-bond acceptors (Lipinski definition) is 4. The minimum absolute atomic E-state index is 1.06. The van der Waals surface area contributed by atoms with Crippen LogP contribution in [0.3, 0.4) is 0 Å². The summed E-state index contributed by atoms with van der Waals surface area (Å²) in [6.45, 7) is 0. The van der Waals surface area contributed by atoms with Gasteiger partial charge in [-0.05, 0) is 12.1 Å². The molecule has 0 saturated heterocycles. The quantitative estimate of drug-likeness (QED) is 0.634. The van der Waals surface area contributed by atoms with Crippen molar-refractivity contribution in [2.75, 3.05) is 0 Å². The van der Waals surface area contributed by atoms with Gasteiger partial charge in [0.05, 0.1) is 17.4 Å². The second kappa shape index (κ2) is 7.93. The van der Waals surface area contributed by atoms with Crippen molar-refractivity contribution < 1.29 is 22.2 Å². The van der Waals surface area contributed by atoms with Gasteiger partial charge in [-0.3, -0.25) is 18.7 Å². The van der Waals surface area contributed by atoms with E-state index in [9.17, 15) is 0 Å². The molecule has 6 nitrogen and oxygen atoms in total. The summed E-state index contributed by atoms with van der Waals surface area (Å²) < 4.78 is 38.1. The second-order valence-electron chi connectivity index (χ2n) is 2.64. The zero-order valence-corrected chi connectivity index (χ0v) is 10.0. The van der Waals surface area contributed by atoms with Crippen molar-refractivity contribution in [3.63, 3.8) is 0 Å². The fourth-order valence-corrected chi connectivity index (χ4v) is 1.02. The zero-order chi connectivity index (χ0) is 13.3. The van der Waals surface area contributed by atoms with Gasteiger partial charge in [-0.2, -0.15) is 8.42 Å². The summed E-state index contributed by atoms with van der Waals surface area (Å²) in [5.41, 5.74) is 1.06. The molecule has 1 aromatic heterocycles. The van der Waals surface area contributed by atoms with Gasteiger partial charge < -0.3 is 0 Å². The van der Waals surface area contributed by atoms with Crippen molar-refractivity contribution >= 4 is 33.2 Å². The Morgan fingerprint density at radius 2 is 1.47 bits per heavy atom. The molecule has 0 aliphatic heterocycles. The highest BCUT2D eigenvalue weighted by Crippen LogP contribution is 2.07. The summed E-state index contributed by atoms with van der Waals surface area (Å²) in [5.74, 6) is 0. The molecule has 0 spiro atoms. The van der Waals surface area contributed by atoms with Crippen LogP contribution in [-0.4, -0.2) is 27.2 Å². The first-order valence-electron chi connectivity index (χ1n) is 4.13. The minimum Gasteiger partial charge on any atom is -0.295 e. The average Bonchev–Trinajstić information content (AvgIpc) is 2.30. The van der Waals surface area contributed by atoms with Gasteiger partial charge in [0.1, 0.15) is 0 Å². The molecule has 0 amide bonds. The van der Waals surface area contributed by atoms with Crippen molar-refractivity contribution in [1.82, 2.24) is 4.98 Å². The van der Waals surface area contributed by atoms with Crippen LogP contribution in [0.4, 0.5) is 0 Å². The fourth-order valence-electron chi connectivity index (χ4n) is 1.02. The summed E-state index contributed by atoms with van der Waals surface area (Å²) in [7, 11) is -4.67. The lowest BCUT2D eigenvalue weighted by molar-refractivity contribution is 0.381. The first-order valence-corrected chi connectivity index (χ1v) is 5.87. The number of pyridine rings is 1. The fraction of sp³-hybridized carbons (Fsp3) is 0. The Labute approximate surface area is 103 Å². The Morgan fingerprint density at radius 1 is 1.00 bits per heavy atom. The van der Waals surface area contributed by atoms with E-state index in [1.807, 2.05) is 30.5 Å². The Kier molecular flexibility index (Phi) is 7.35. The SMILES string of the molecule is O=S(=O)(O)O.OCl.c1ccc2ncccc2c1. The molecular formula is C9H10ClNO5S. The smallest absolute Gasteiger partial charge is 0.295 e. The van der Waals surface area contributed by atoms with E-state index in [1.54, 1.807) is 0 Å². The van der Waals surface area contributed by atoms with Gasteiger partial charge in [-0.15, -0.1) is 0 Å². The highest BCUT2D eigenvalue weighted by molar-refractivity contribution is 7.79. The lowest BCUT2D eigenvalue weighted by Gasteiger charge is -1.91. The van der Waals surface area contributed by atoms with Crippen LogP contribution >= 0.6 is 11.9 Å². The molecule has 8 heteroatoms. The topological polar surface area (TPSA) is 108 Å². The largest absolute Gasteiger partial charge is 0.394 e. The number of rotatable bonds is 0. The number of aromatic nitrogens is 1. The van der Waals surface area contributed by atoms with E-state index >= 15 is 0 Å². The van der Waals surface area contributed by atoms with E-state index in [1.165, 1.54) is 5.39 Å². The normalized spacial score (nSPS) is 9.65. The molecule has 2 rings (SSSR count). The highest BCUT2D eigenvalue weighted by Gasteiger charge is 1.86. The number of benzene rings is 1. The van der Waals surface area contributed by atoms with Crippen LogP contribution in [0, 0.1) is 0 Å². The van der Waals surface area contributed by atoms with E-state index < -0.39 is 10.4 Å². The molecule has 0 aliphatic carbocycles. The number of halogens is 1. The van der Waals surface area contributed by atoms with E-state index in [-0.39, 0.29) is 0 Å². The van der Waals surface area contributed by atoms with Gasteiger partial charge in [0.15, 0.2) is 0 Å². The van der Waals surface area contributed by atoms with Crippen molar-refractivity contribution in [2.45, 2.75) is 0 Å². The van der Waals surface area contributed by atoms with Gasteiger partial charge >= 0.3 is 10.4 Å². The maximum absolute atomic E-state index is 8.74. The van der Waals surface area contributed by atoms with Crippen LogP contribution in [0.5, 0.6) is 0 Å². The summed E-state index contributed by atoms with van der Waals surface area (Å²) >= 11 is 3.64. The maximum atomic E-state index is 8.74. The molecule has 1 aromatic carbocycles. The Bertz CT molecular complexity index is 472. The standard InChI is InChI=1S/C9H7N.ClHO.H2O4S/c1-2-6-9-8(4-1)5-3-7-10-9;1-2;1-5(2,3)4/h1-7H;2H;(H2,1,2,3,4). The van der Waals surface area contributed by atoms with E-state index in [0.717, 1.165) is 5.52 Å². The van der Waals surface area contributed by atoms with Crippen LogP contribution in [-0.2, 0) is 10.4 Å². The van der Waals surface area contributed by atoms with Crippen molar-refractivity contribution in [3.05, 3.63) is 42.6 Å². The molecule has 2 aromatic rings. The Hall–Kier alpha value is -1.25. The molecule has 0 unspecified atom stereocenters. The molecule has 0 radical (unpaired) electrons. The number of nitrogens with zero attached hydrogens (tertiary/aromatic N) is 1. The Morgan fingerprint density at radius 3 is 2.00 bits per heavy atom. The van der Waals surface area contributed by atoms with Crippen LogP contribution in [0.25, 0.3) is 10.9 Å². The van der Waals surface area contributed by atoms with E-state index in [2.05, 4.69) is 29.0 Å². The highest BCUT2D eigenvalue weighted by atomic mass is 35.5. The molecule has 0 bridgehead atoms. The number of hydrogen-bond donors (Lipinski definition) is 3. The third-order valence-electron chi connectivity index (χ3n) is 1.51. The molecule has 0 atom stereocenters. The molecule has 0 saturated carbocycles. The summed E-state index contributed by atoms with van der Waals surface area (Å²) in [4.78, 5) is 4.18. The van der Waals surface area contributed by atoms with E-state index in [0.29, 0.717) is 0 Å². The molecule has 3 N–H and O–H groups in total. The van der Waals surface area contributed by atoms with Crippen LogP contribution in [0.15, 0.2) is 42.6 Å². The third kappa shape index (κ3) is 8.55. The van der Waals surface area contributed by atoms with Crippen molar-refractivity contribution in [2.24, 2.45) is 0 Å². The number of fused-ring (bicyclic) bond motifs is 1. The lowest BCUT2D eigenvalue weighted by atomic mass is 10.2. The van der Waals surface area contributed by atoms with Gasteiger partial charge in [-0.1, -0.05) is 24.3 Å². The minimum atomic E-state index is -4.67. The van der Waals surface area contributed by atoms with Crippen LogP contribution in [0.1, 0.15) is 0 Å². The molecule has 0 fully saturated rings.